The molecule has 0 spiro atoms. The predicted octanol–water partition coefficient (Wildman–Crippen LogP) is 2.12. The zero-order valence-corrected chi connectivity index (χ0v) is 8.68. The quantitative estimate of drug-likeness (QED) is 0.688. The monoisotopic (exact) mass is 171 g/mol. The van der Waals surface area contributed by atoms with E-state index in [4.69, 9.17) is 5.73 Å². The smallest absolute Gasteiger partial charge is 0.133 e. The molecule has 0 aliphatic carbocycles. The van der Waals surface area contributed by atoms with Gasteiger partial charge in [-0.25, -0.2) is 0 Å². The molecule has 0 unspecified atom stereocenters. The van der Waals surface area contributed by atoms with E-state index in [9.17, 15) is 4.79 Å². The summed E-state index contributed by atoms with van der Waals surface area (Å²) in [6, 6.07) is 0. The highest BCUT2D eigenvalue weighted by Crippen LogP contribution is 2.10. The number of rotatable bonds is 5. The predicted molar refractivity (Wildman–Crippen MR) is 52.0 cm³/mol. The summed E-state index contributed by atoms with van der Waals surface area (Å²) in [7, 11) is 0. The molecule has 0 heterocycles. The maximum absolute atomic E-state index is 11.2. The summed E-state index contributed by atoms with van der Waals surface area (Å²) in [4.78, 5) is 11.2. The van der Waals surface area contributed by atoms with Crippen LogP contribution in [0.2, 0.25) is 0 Å². The molecule has 0 aromatic rings. The molecular weight excluding hydrogens is 150 g/mol. The van der Waals surface area contributed by atoms with Gasteiger partial charge in [-0.2, -0.15) is 0 Å². The molecule has 0 amide bonds. The van der Waals surface area contributed by atoms with E-state index in [1.807, 2.05) is 13.8 Å². The molecule has 0 radical (unpaired) electrons. The number of hydrogen-bond donors (Lipinski definition) is 1. The van der Waals surface area contributed by atoms with Gasteiger partial charge in [0.25, 0.3) is 0 Å². The molecule has 0 saturated heterocycles. The van der Waals surface area contributed by atoms with Crippen LogP contribution >= 0.6 is 0 Å². The lowest BCUT2D eigenvalue weighted by Gasteiger charge is -2.17. The molecule has 2 N–H and O–H groups in total. The Kier molecular flexibility index (Phi) is 4.46. The lowest BCUT2D eigenvalue weighted by molar-refractivity contribution is -0.120. The number of carbonyl (C=O) groups excluding carboxylic acids is 1. The summed E-state index contributed by atoms with van der Waals surface area (Å²) < 4.78 is 0. The fraction of sp³-hybridized carbons (Fsp3) is 0.900. The molecule has 0 fully saturated rings. The Morgan fingerprint density at radius 3 is 2.25 bits per heavy atom. The molecule has 0 saturated carbocycles. The fourth-order valence-corrected chi connectivity index (χ4v) is 1.02. The van der Waals surface area contributed by atoms with Crippen LogP contribution in [0.25, 0.3) is 0 Å². The van der Waals surface area contributed by atoms with Crippen LogP contribution in [0.1, 0.15) is 47.0 Å². The van der Waals surface area contributed by atoms with Gasteiger partial charge in [-0.15, -0.1) is 0 Å². The highest BCUT2D eigenvalue weighted by molar-refractivity contribution is 5.78. The van der Waals surface area contributed by atoms with Gasteiger partial charge in [0.1, 0.15) is 5.78 Å². The van der Waals surface area contributed by atoms with E-state index in [0.717, 1.165) is 6.42 Å². The third-order valence-electron chi connectivity index (χ3n) is 1.68. The van der Waals surface area contributed by atoms with E-state index >= 15 is 0 Å². The van der Waals surface area contributed by atoms with Gasteiger partial charge in [0, 0.05) is 18.4 Å². The Balaban J connectivity index is 3.58. The highest BCUT2D eigenvalue weighted by Gasteiger charge is 2.13. The fourth-order valence-electron chi connectivity index (χ4n) is 1.02. The summed E-state index contributed by atoms with van der Waals surface area (Å²) >= 11 is 0. The molecule has 72 valence electrons. The lowest BCUT2D eigenvalue weighted by atomic mass is 9.95. The number of Topliss-reactive ketones (excluding diaryl/α,β-unsaturated/α-hetero) is 1. The second-order valence-electron chi connectivity index (χ2n) is 4.63. The highest BCUT2D eigenvalue weighted by atomic mass is 16.1. The zero-order valence-electron chi connectivity index (χ0n) is 8.68. The van der Waals surface area contributed by atoms with Crippen molar-refractivity contribution in [3.05, 3.63) is 0 Å². The van der Waals surface area contributed by atoms with Gasteiger partial charge in [0.15, 0.2) is 0 Å². The first-order valence-electron chi connectivity index (χ1n) is 4.62. The van der Waals surface area contributed by atoms with Crippen LogP contribution in [0.15, 0.2) is 0 Å². The van der Waals surface area contributed by atoms with E-state index in [1.165, 1.54) is 0 Å². The number of hydrogen-bond acceptors (Lipinski definition) is 2. The maximum Gasteiger partial charge on any atom is 0.133 e. The summed E-state index contributed by atoms with van der Waals surface area (Å²) in [6.07, 6.45) is 2.11. The second-order valence-corrected chi connectivity index (χ2v) is 4.63. The van der Waals surface area contributed by atoms with Crippen LogP contribution in [0.3, 0.4) is 0 Å². The first kappa shape index (κ1) is 11.6. The van der Waals surface area contributed by atoms with Crippen molar-refractivity contribution in [2.75, 3.05) is 0 Å². The van der Waals surface area contributed by atoms with Crippen molar-refractivity contribution in [3.63, 3.8) is 0 Å². The van der Waals surface area contributed by atoms with Crippen LogP contribution in [0.4, 0.5) is 0 Å². The Morgan fingerprint density at radius 2 is 1.92 bits per heavy atom. The van der Waals surface area contributed by atoms with Crippen molar-refractivity contribution in [2.45, 2.75) is 52.5 Å². The third-order valence-corrected chi connectivity index (χ3v) is 1.68. The summed E-state index contributed by atoms with van der Waals surface area (Å²) in [5, 5.41) is 0. The molecule has 0 aromatic heterocycles. The molecule has 0 aliphatic heterocycles. The molecular formula is C10H21NO. The Hall–Kier alpha value is -0.370. The minimum Gasteiger partial charge on any atom is -0.326 e. The Bertz CT molecular complexity index is 144. The van der Waals surface area contributed by atoms with Gasteiger partial charge >= 0.3 is 0 Å². The normalized spacial score (nSPS) is 12.2. The van der Waals surface area contributed by atoms with Crippen molar-refractivity contribution < 1.29 is 4.79 Å². The van der Waals surface area contributed by atoms with Crippen LogP contribution < -0.4 is 5.73 Å². The van der Waals surface area contributed by atoms with Gasteiger partial charge in [-0.3, -0.25) is 4.79 Å². The molecule has 0 aromatic carbocycles. The van der Waals surface area contributed by atoms with Crippen molar-refractivity contribution in [1.82, 2.24) is 0 Å². The van der Waals surface area contributed by atoms with Crippen molar-refractivity contribution in [1.29, 1.82) is 0 Å². The van der Waals surface area contributed by atoms with Crippen LogP contribution in [-0.4, -0.2) is 11.3 Å². The minimum atomic E-state index is -0.202. The van der Waals surface area contributed by atoms with Gasteiger partial charge in [-0.1, -0.05) is 13.8 Å². The van der Waals surface area contributed by atoms with E-state index in [2.05, 4.69) is 13.8 Å². The maximum atomic E-state index is 11.2. The number of carbonyl (C=O) groups is 1. The van der Waals surface area contributed by atoms with Crippen LogP contribution in [0.5, 0.6) is 0 Å². The van der Waals surface area contributed by atoms with E-state index < -0.39 is 0 Å². The standard InChI is InChI=1S/C10H21NO/c1-8(2)7-9(12)5-6-10(3,4)11/h8H,5-7,11H2,1-4H3. The van der Waals surface area contributed by atoms with E-state index in [1.54, 1.807) is 0 Å². The van der Waals surface area contributed by atoms with Gasteiger partial charge in [0.05, 0.1) is 0 Å². The molecule has 0 bridgehead atoms. The van der Waals surface area contributed by atoms with Crippen LogP contribution in [-0.2, 0) is 4.79 Å². The zero-order chi connectivity index (χ0) is 9.78. The molecule has 0 atom stereocenters. The lowest BCUT2D eigenvalue weighted by Crippen LogP contribution is -2.32. The van der Waals surface area contributed by atoms with Crippen molar-refractivity contribution in [3.8, 4) is 0 Å². The number of ketones is 1. The average molecular weight is 171 g/mol. The van der Waals surface area contributed by atoms with E-state index in [0.29, 0.717) is 24.5 Å². The van der Waals surface area contributed by atoms with E-state index in [-0.39, 0.29) is 5.54 Å². The van der Waals surface area contributed by atoms with Gasteiger partial charge in [-0.05, 0) is 26.2 Å². The summed E-state index contributed by atoms with van der Waals surface area (Å²) in [5.74, 6) is 0.807. The summed E-state index contributed by atoms with van der Waals surface area (Å²) in [5.41, 5.74) is 5.56. The first-order valence-corrected chi connectivity index (χ1v) is 4.62. The largest absolute Gasteiger partial charge is 0.326 e. The van der Waals surface area contributed by atoms with Crippen LogP contribution in [0, 0.1) is 5.92 Å². The van der Waals surface area contributed by atoms with Gasteiger partial charge in [0.2, 0.25) is 0 Å². The molecule has 12 heavy (non-hydrogen) atoms. The van der Waals surface area contributed by atoms with Gasteiger partial charge < -0.3 is 5.73 Å². The minimum absolute atomic E-state index is 0.202. The molecule has 0 rings (SSSR count). The second kappa shape index (κ2) is 4.61. The Labute approximate surface area is 75.5 Å². The topological polar surface area (TPSA) is 43.1 Å². The molecule has 2 nitrogen and oxygen atoms in total. The van der Waals surface area contributed by atoms with Crippen molar-refractivity contribution in [2.24, 2.45) is 11.7 Å². The first-order chi connectivity index (χ1) is 5.31. The van der Waals surface area contributed by atoms with Crippen molar-refractivity contribution >= 4 is 5.78 Å². The summed E-state index contributed by atoms with van der Waals surface area (Å²) in [6.45, 7) is 8.03. The SMILES string of the molecule is CC(C)CC(=O)CCC(C)(C)N. The third kappa shape index (κ3) is 7.73. The average Bonchev–Trinajstić information content (AvgIpc) is 1.80. The Morgan fingerprint density at radius 1 is 1.42 bits per heavy atom. The number of nitrogens with two attached hydrogens (primary N) is 1. The molecule has 0 aliphatic rings. The molecule has 2 heteroatoms.